The second kappa shape index (κ2) is 11.4. The van der Waals surface area contributed by atoms with Crippen molar-refractivity contribution < 1.29 is 23.8 Å². The van der Waals surface area contributed by atoms with Crippen molar-refractivity contribution in [2.24, 2.45) is 0 Å². The molecular formula is C26H26N2O5. The van der Waals surface area contributed by atoms with Crippen LogP contribution in [0.3, 0.4) is 0 Å². The maximum absolute atomic E-state index is 12.0. The quantitative estimate of drug-likeness (QED) is 0.218. The highest BCUT2D eigenvalue weighted by Gasteiger charge is 2.09. The van der Waals surface area contributed by atoms with Gasteiger partial charge in [-0.2, -0.15) is 0 Å². The van der Waals surface area contributed by atoms with Gasteiger partial charge in [0.25, 0.3) is 0 Å². The van der Waals surface area contributed by atoms with Gasteiger partial charge in [0.15, 0.2) is 0 Å². The highest BCUT2D eigenvalue weighted by molar-refractivity contribution is 5.91. The number of hydrogen-bond acceptors (Lipinski definition) is 7. The van der Waals surface area contributed by atoms with Gasteiger partial charge in [0.2, 0.25) is 0 Å². The van der Waals surface area contributed by atoms with E-state index in [4.69, 9.17) is 25.7 Å². The number of ether oxygens (including phenoxy) is 3. The van der Waals surface area contributed by atoms with Crippen molar-refractivity contribution >= 4 is 29.4 Å². The zero-order valence-corrected chi connectivity index (χ0v) is 18.3. The summed E-state index contributed by atoms with van der Waals surface area (Å²) >= 11 is 0. The number of benzene rings is 3. The number of esters is 2. The number of rotatable bonds is 9. The van der Waals surface area contributed by atoms with Gasteiger partial charge in [-0.05, 0) is 53.1 Å². The summed E-state index contributed by atoms with van der Waals surface area (Å²) < 4.78 is 15.5. The van der Waals surface area contributed by atoms with Crippen LogP contribution in [0.1, 0.15) is 22.3 Å². The van der Waals surface area contributed by atoms with Gasteiger partial charge in [-0.25, -0.2) is 9.59 Å². The summed E-state index contributed by atoms with van der Waals surface area (Å²) in [6.07, 6.45) is 3.42. The molecule has 0 heterocycles. The molecule has 0 saturated heterocycles. The average Bonchev–Trinajstić information content (AvgIpc) is 2.82. The Balaban J connectivity index is 1.39. The summed E-state index contributed by atoms with van der Waals surface area (Å²) in [5.74, 6) is -0.191. The monoisotopic (exact) mass is 446 g/mol. The van der Waals surface area contributed by atoms with E-state index < -0.39 is 11.9 Å². The van der Waals surface area contributed by atoms with Gasteiger partial charge < -0.3 is 25.7 Å². The van der Waals surface area contributed by atoms with Gasteiger partial charge in [-0.15, -0.1) is 0 Å². The largest absolute Gasteiger partial charge is 0.497 e. The van der Waals surface area contributed by atoms with Crippen LogP contribution in [-0.2, 0) is 14.3 Å². The molecule has 0 aliphatic heterocycles. The molecule has 7 heteroatoms. The third-order valence-corrected chi connectivity index (χ3v) is 4.73. The van der Waals surface area contributed by atoms with E-state index in [-0.39, 0.29) is 18.8 Å². The standard InChI is InChI=1S/C26H26N2O5/c1-31-24-10-8-20(9-11-24)19-6-3-18(4-7-19)5-12-25(29)32-13-2-14-33-26(30)21-15-22(27)17-23(28)16-21/h3-12,15-17H,2,13-14,27-28H2,1H3/b12-5+. The molecule has 4 N–H and O–H groups in total. The summed E-state index contributed by atoms with van der Waals surface area (Å²) in [6.45, 7) is 0.239. The predicted molar refractivity (Wildman–Crippen MR) is 129 cm³/mol. The first kappa shape index (κ1) is 23.4. The van der Waals surface area contributed by atoms with Crippen LogP contribution < -0.4 is 16.2 Å². The number of carbonyl (C=O) groups is 2. The Morgan fingerprint density at radius 1 is 0.818 bits per heavy atom. The van der Waals surface area contributed by atoms with Crippen molar-refractivity contribution in [1.82, 2.24) is 0 Å². The molecule has 3 aromatic carbocycles. The second-order valence-corrected chi connectivity index (χ2v) is 7.23. The third kappa shape index (κ3) is 7.14. The van der Waals surface area contributed by atoms with Gasteiger partial charge in [0.1, 0.15) is 5.75 Å². The molecule has 0 amide bonds. The van der Waals surface area contributed by atoms with E-state index in [0.29, 0.717) is 17.8 Å². The lowest BCUT2D eigenvalue weighted by Crippen LogP contribution is -2.10. The van der Waals surface area contributed by atoms with Crippen molar-refractivity contribution in [3.63, 3.8) is 0 Å². The van der Waals surface area contributed by atoms with Crippen molar-refractivity contribution in [3.8, 4) is 16.9 Å². The molecule has 3 rings (SSSR count). The molecule has 7 nitrogen and oxygen atoms in total. The van der Waals surface area contributed by atoms with Crippen LogP contribution in [0.15, 0.2) is 72.8 Å². The first-order valence-electron chi connectivity index (χ1n) is 10.4. The minimum atomic E-state index is -0.529. The fourth-order valence-electron chi connectivity index (χ4n) is 3.06. The van der Waals surface area contributed by atoms with Gasteiger partial charge in [0, 0.05) is 23.9 Å². The SMILES string of the molecule is COc1ccc(-c2ccc(/C=C/C(=O)OCCCOC(=O)c3cc(N)cc(N)c3)cc2)cc1. The molecule has 0 bridgehead atoms. The summed E-state index contributed by atoms with van der Waals surface area (Å²) in [5, 5.41) is 0. The molecule has 33 heavy (non-hydrogen) atoms. The summed E-state index contributed by atoms with van der Waals surface area (Å²) in [5.41, 5.74) is 15.4. The van der Waals surface area contributed by atoms with Gasteiger partial charge in [-0.1, -0.05) is 36.4 Å². The van der Waals surface area contributed by atoms with Crippen LogP contribution in [0.4, 0.5) is 11.4 Å². The van der Waals surface area contributed by atoms with Crippen LogP contribution in [0.25, 0.3) is 17.2 Å². The predicted octanol–water partition coefficient (Wildman–Crippen LogP) is 4.33. The highest BCUT2D eigenvalue weighted by atomic mass is 16.5. The number of carbonyl (C=O) groups excluding carboxylic acids is 2. The Kier molecular flexibility index (Phi) is 8.07. The normalized spacial score (nSPS) is 10.7. The number of methoxy groups -OCH3 is 1. The summed E-state index contributed by atoms with van der Waals surface area (Å²) in [4.78, 5) is 23.9. The van der Waals surface area contributed by atoms with E-state index in [2.05, 4.69) is 0 Å². The maximum Gasteiger partial charge on any atom is 0.338 e. The molecule has 0 spiro atoms. The average molecular weight is 447 g/mol. The molecule has 0 aromatic heterocycles. The molecule has 0 atom stereocenters. The zero-order chi connectivity index (χ0) is 23.6. The summed E-state index contributed by atoms with van der Waals surface area (Å²) in [6, 6.07) is 20.1. The van der Waals surface area contributed by atoms with Crippen molar-refractivity contribution in [2.45, 2.75) is 6.42 Å². The zero-order valence-electron chi connectivity index (χ0n) is 18.3. The van der Waals surface area contributed by atoms with Crippen LogP contribution in [0, 0.1) is 0 Å². The first-order chi connectivity index (χ1) is 15.9. The number of hydrogen-bond donors (Lipinski definition) is 2. The van der Waals surface area contributed by atoms with Crippen molar-refractivity contribution in [1.29, 1.82) is 0 Å². The van der Waals surface area contributed by atoms with Gasteiger partial charge in [0.05, 0.1) is 25.9 Å². The Morgan fingerprint density at radius 3 is 2.00 bits per heavy atom. The lowest BCUT2D eigenvalue weighted by atomic mass is 10.0. The number of nitrogen functional groups attached to an aromatic ring is 2. The highest BCUT2D eigenvalue weighted by Crippen LogP contribution is 2.23. The number of nitrogens with two attached hydrogens (primary N) is 2. The van der Waals surface area contributed by atoms with E-state index in [0.717, 1.165) is 22.4 Å². The molecule has 170 valence electrons. The van der Waals surface area contributed by atoms with Crippen molar-refractivity contribution in [3.05, 3.63) is 83.9 Å². The van der Waals surface area contributed by atoms with Crippen LogP contribution >= 0.6 is 0 Å². The first-order valence-corrected chi connectivity index (χ1v) is 10.4. The number of anilines is 2. The van der Waals surface area contributed by atoms with Crippen LogP contribution in [0.2, 0.25) is 0 Å². The van der Waals surface area contributed by atoms with Gasteiger partial charge in [-0.3, -0.25) is 0 Å². The molecule has 3 aromatic rings. The molecule has 0 fully saturated rings. The Bertz CT molecular complexity index is 1100. The second-order valence-electron chi connectivity index (χ2n) is 7.23. The van der Waals surface area contributed by atoms with E-state index in [1.54, 1.807) is 19.3 Å². The topological polar surface area (TPSA) is 114 Å². The van der Waals surface area contributed by atoms with Crippen LogP contribution in [-0.4, -0.2) is 32.3 Å². The van der Waals surface area contributed by atoms with E-state index in [9.17, 15) is 9.59 Å². The van der Waals surface area contributed by atoms with Crippen molar-refractivity contribution in [2.75, 3.05) is 31.8 Å². The Labute approximate surface area is 192 Å². The molecular weight excluding hydrogens is 420 g/mol. The molecule has 0 aliphatic rings. The lowest BCUT2D eigenvalue weighted by Gasteiger charge is -2.07. The Morgan fingerprint density at radius 2 is 1.39 bits per heavy atom. The fourth-order valence-corrected chi connectivity index (χ4v) is 3.06. The molecule has 0 radical (unpaired) electrons. The van der Waals surface area contributed by atoms with E-state index >= 15 is 0 Å². The third-order valence-electron chi connectivity index (χ3n) is 4.73. The van der Waals surface area contributed by atoms with E-state index in [1.807, 2.05) is 48.5 Å². The molecule has 0 saturated carbocycles. The molecule has 0 aliphatic carbocycles. The summed E-state index contributed by atoms with van der Waals surface area (Å²) in [7, 11) is 1.63. The Hall–Kier alpha value is -4.26. The minimum Gasteiger partial charge on any atom is -0.497 e. The smallest absolute Gasteiger partial charge is 0.338 e. The van der Waals surface area contributed by atoms with E-state index in [1.165, 1.54) is 18.2 Å². The van der Waals surface area contributed by atoms with Gasteiger partial charge >= 0.3 is 11.9 Å². The fraction of sp³-hybridized carbons (Fsp3) is 0.154. The molecule has 0 unspecified atom stereocenters. The van der Waals surface area contributed by atoms with Crippen LogP contribution in [0.5, 0.6) is 5.75 Å². The maximum atomic E-state index is 12.0. The minimum absolute atomic E-state index is 0.108. The lowest BCUT2D eigenvalue weighted by molar-refractivity contribution is -0.137.